The molecule has 3 rings (SSSR count). The fourth-order valence-corrected chi connectivity index (χ4v) is 3.95. The number of hydrogen-bond donors (Lipinski definition) is 5. The molecule has 0 aliphatic heterocycles. The Hall–Kier alpha value is -2.09. The summed E-state index contributed by atoms with van der Waals surface area (Å²) in [6, 6.07) is 3.28. The molecule has 0 radical (unpaired) electrons. The van der Waals surface area contributed by atoms with E-state index < -0.39 is 24.2 Å². The minimum atomic E-state index is -1.06. The van der Waals surface area contributed by atoms with E-state index in [-0.39, 0.29) is 11.8 Å². The van der Waals surface area contributed by atoms with Crippen LogP contribution in [0.4, 0.5) is 11.8 Å². The number of pyridine rings is 1. The molecule has 0 unspecified atom stereocenters. The summed E-state index contributed by atoms with van der Waals surface area (Å²) in [5, 5.41) is 36.9. The lowest BCUT2D eigenvalue weighted by molar-refractivity contribution is 0.00445. The van der Waals surface area contributed by atoms with Crippen LogP contribution < -0.4 is 10.6 Å². The van der Waals surface area contributed by atoms with Gasteiger partial charge >= 0.3 is 0 Å². The summed E-state index contributed by atoms with van der Waals surface area (Å²) in [5.74, 6) is 6.30. The van der Waals surface area contributed by atoms with Crippen LogP contribution in [0.2, 0.25) is 5.15 Å². The van der Waals surface area contributed by atoms with E-state index in [4.69, 9.17) is 11.6 Å². The third-order valence-corrected chi connectivity index (χ3v) is 5.96. The van der Waals surface area contributed by atoms with Crippen LogP contribution in [0.25, 0.3) is 0 Å². The van der Waals surface area contributed by atoms with E-state index in [1.165, 1.54) is 0 Å². The van der Waals surface area contributed by atoms with Crippen molar-refractivity contribution in [3.05, 3.63) is 34.1 Å². The van der Waals surface area contributed by atoms with Crippen LogP contribution in [0.5, 0.6) is 0 Å². The Kier molecular flexibility index (Phi) is 7.39. The average molecular weight is 450 g/mol. The number of halogens is 1. The number of nitrogens with one attached hydrogen (secondary N) is 2. The number of aryl methyl sites for hydroxylation is 1. The maximum atomic E-state index is 10.3. The molecule has 1 aliphatic carbocycles. The van der Waals surface area contributed by atoms with Crippen LogP contribution in [0.3, 0.4) is 0 Å². The largest absolute Gasteiger partial charge is 0.396 e. The van der Waals surface area contributed by atoms with Gasteiger partial charge in [0, 0.05) is 25.1 Å². The third-order valence-electron chi connectivity index (χ3n) is 5.04. The van der Waals surface area contributed by atoms with Gasteiger partial charge in [-0.15, -0.1) is 11.8 Å². The van der Waals surface area contributed by atoms with Crippen LogP contribution in [0, 0.1) is 24.7 Å². The molecule has 4 atom stereocenters. The summed E-state index contributed by atoms with van der Waals surface area (Å²) in [5.41, 5.74) is 1.93. The van der Waals surface area contributed by atoms with Crippen LogP contribution >= 0.6 is 23.4 Å². The summed E-state index contributed by atoms with van der Waals surface area (Å²) < 4.78 is 0. The number of nitrogens with zero attached hydrogens (tertiary/aromatic N) is 3. The zero-order valence-corrected chi connectivity index (χ0v) is 18.4. The number of aliphatic hydroxyl groups excluding tert-OH is 3. The lowest BCUT2D eigenvalue weighted by atomic mass is 10.1. The number of thioether (sulfide) groups is 1. The highest BCUT2D eigenvalue weighted by molar-refractivity contribution is 7.98. The molecule has 30 heavy (non-hydrogen) atoms. The van der Waals surface area contributed by atoms with Crippen LogP contribution in [0.1, 0.15) is 23.2 Å². The molecule has 2 aromatic rings. The zero-order chi connectivity index (χ0) is 21.8. The van der Waals surface area contributed by atoms with Crippen molar-refractivity contribution in [3.63, 3.8) is 0 Å². The Balaban J connectivity index is 1.96. The zero-order valence-electron chi connectivity index (χ0n) is 16.8. The van der Waals surface area contributed by atoms with Crippen molar-refractivity contribution in [1.82, 2.24) is 15.0 Å². The minimum Gasteiger partial charge on any atom is -0.396 e. The lowest BCUT2D eigenvalue weighted by Crippen LogP contribution is -2.35. The topological polar surface area (TPSA) is 123 Å². The second-order valence-electron chi connectivity index (χ2n) is 6.96. The normalized spacial score (nSPS) is 23.0. The Bertz CT molecular complexity index is 981. The van der Waals surface area contributed by atoms with E-state index in [1.807, 2.05) is 25.3 Å². The van der Waals surface area contributed by atoms with Gasteiger partial charge in [0.1, 0.15) is 17.5 Å². The fourth-order valence-electron chi connectivity index (χ4n) is 3.30. The molecule has 2 aromatic heterocycles. The summed E-state index contributed by atoms with van der Waals surface area (Å²) in [7, 11) is 1.67. The van der Waals surface area contributed by atoms with Crippen LogP contribution in [-0.4, -0.2) is 68.4 Å². The number of anilines is 2. The first-order chi connectivity index (χ1) is 14.4. The molecule has 2 heterocycles. The van der Waals surface area contributed by atoms with Crippen LogP contribution in [0.15, 0.2) is 17.2 Å². The summed E-state index contributed by atoms with van der Waals surface area (Å²) in [6.45, 7) is 1.67. The molecule has 10 heteroatoms. The molecule has 8 nitrogen and oxygen atoms in total. The van der Waals surface area contributed by atoms with E-state index in [1.54, 1.807) is 18.8 Å². The molecular formula is C20H24ClN5O3S. The van der Waals surface area contributed by atoms with E-state index in [9.17, 15) is 15.3 Å². The van der Waals surface area contributed by atoms with Gasteiger partial charge in [0.05, 0.1) is 22.9 Å². The average Bonchev–Trinajstić information content (AvgIpc) is 3.01. The van der Waals surface area contributed by atoms with E-state index in [0.717, 1.165) is 16.3 Å². The van der Waals surface area contributed by atoms with Crippen molar-refractivity contribution in [2.24, 2.45) is 5.92 Å². The Morgan fingerprint density at radius 3 is 2.57 bits per heavy atom. The molecule has 1 saturated carbocycles. The maximum Gasteiger partial charge on any atom is 0.225 e. The summed E-state index contributed by atoms with van der Waals surface area (Å²) in [4.78, 5) is 13.1. The highest BCUT2D eigenvalue weighted by Gasteiger charge is 2.41. The highest BCUT2D eigenvalue weighted by Crippen LogP contribution is 2.31. The van der Waals surface area contributed by atoms with Gasteiger partial charge < -0.3 is 26.0 Å². The number of hydrogen-bond acceptors (Lipinski definition) is 9. The highest BCUT2D eigenvalue weighted by atomic mass is 35.5. The van der Waals surface area contributed by atoms with Gasteiger partial charge in [-0.05, 0) is 31.7 Å². The van der Waals surface area contributed by atoms with Gasteiger partial charge in [0.15, 0.2) is 5.15 Å². The second kappa shape index (κ2) is 9.81. The van der Waals surface area contributed by atoms with Crippen molar-refractivity contribution >= 4 is 35.1 Å². The van der Waals surface area contributed by atoms with E-state index >= 15 is 0 Å². The number of aromatic nitrogens is 3. The smallest absolute Gasteiger partial charge is 0.225 e. The molecule has 0 bridgehead atoms. The standard InChI is InChI=1S/C20H24ClN5O3S/c1-10-11(5-7-15(23-10)30-3)4-6-13-18(21)25-20(22-2)26-19(13)24-14-8-12(9-27)16(28)17(14)29/h5,7,12,14,16-17,27-29H,8-9H2,1-3H3,(H2,22,24,25,26)/t12-,14-,16-,17+/m1/s1. The van der Waals surface area contributed by atoms with Crippen LogP contribution in [-0.2, 0) is 0 Å². The predicted molar refractivity (Wildman–Crippen MR) is 118 cm³/mol. The van der Waals surface area contributed by atoms with Crippen molar-refractivity contribution in [2.75, 3.05) is 30.5 Å². The van der Waals surface area contributed by atoms with Gasteiger partial charge in [-0.2, -0.15) is 9.97 Å². The minimum absolute atomic E-state index is 0.155. The molecule has 1 aliphatic rings. The quantitative estimate of drug-likeness (QED) is 0.262. The molecule has 0 amide bonds. The van der Waals surface area contributed by atoms with Gasteiger partial charge in [-0.25, -0.2) is 4.98 Å². The first-order valence-corrected chi connectivity index (χ1v) is 11.0. The fraction of sp³-hybridized carbons (Fsp3) is 0.450. The summed E-state index contributed by atoms with van der Waals surface area (Å²) in [6.07, 6.45) is 0.259. The van der Waals surface area contributed by atoms with Gasteiger partial charge in [-0.1, -0.05) is 23.4 Å². The number of rotatable bonds is 5. The van der Waals surface area contributed by atoms with E-state index in [0.29, 0.717) is 23.8 Å². The molecule has 160 valence electrons. The van der Waals surface area contributed by atoms with Crippen molar-refractivity contribution in [2.45, 2.75) is 36.6 Å². The maximum absolute atomic E-state index is 10.3. The Labute approximate surface area is 184 Å². The van der Waals surface area contributed by atoms with Crippen molar-refractivity contribution in [1.29, 1.82) is 0 Å². The molecule has 0 aromatic carbocycles. The molecular weight excluding hydrogens is 426 g/mol. The predicted octanol–water partition coefficient (Wildman–Crippen LogP) is 1.51. The lowest BCUT2D eigenvalue weighted by Gasteiger charge is -2.20. The Morgan fingerprint density at radius 2 is 1.97 bits per heavy atom. The SMILES string of the molecule is CNc1nc(Cl)c(C#Cc2ccc(SC)nc2C)c(N[C@@H]2C[C@H](CO)[C@@H](O)[C@H]2O)n1. The molecule has 1 fully saturated rings. The molecule has 0 saturated heterocycles. The van der Waals surface area contributed by atoms with Gasteiger partial charge in [-0.3, -0.25) is 0 Å². The van der Waals surface area contributed by atoms with Crippen molar-refractivity contribution < 1.29 is 15.3 Å². The first-order valence-electron chi connectivity index (χ1n) is 9.40. The number of aliphatic hydroxyl groups is 3. The Morgan fingerprint density at radius 1 is 1.20 bits per heavy atom. The first kappa shape index (κ1) is 22.6. The molecule has 5 N–H and O–H groups in total. The summed E-state index contributed by atoms with van der Waals surface area (Å²) >= 11 is 7.92. The van der Waals surface area contributed by atoms with Crippen molar-refractivity contribution in [3.8, 4) is 11.8 Å². The second-order valence-corrected chi connectivity index (χ2v) is 8.14. The van der Waals surface area contributed by atoms with Gasteiger partial charge in [0.2, 0.25) is 5.95 Å². The van der Waals surface area contributed by atoms with E-state index in [2.05, 4.69) is 37.4 Å². The third kappa shape index (κ3) is 4.79. The molecule has 0 spiro atoms. The van der Waals surface area contributed by atoms with Gasteiger partial charge in [0.25, 0.3) is 0 Å². The monoisotopic (exact) mass is 449 g/mol.